The molecule has 3 rings (SSSR count). The predicted octanol–water partition coefficient (Wildman–Crippen LogP) is 3.84. The lowest BCUT2D eigenvalue weighted by Gasteiger charge is -2.19. The van der Waals surface area contributed by atoms with E-state index < -0.39 is 0 Å². The largest absolute Gasteiger partial charge is 0.507 e. The van der Waals surface area contributed by atoms with Gasteiger partial charge in [0.15, 0.2) is 0 Å². The molecule has 1 fully saturated rings. The maximum absolute atomic E-state index is 12.5. The van der Waals surface area contributed by atoms with Gasteiger partial charge < -0.3 is 5.11 Å². The smallest absolute Gasteiger partial charge is 0.275 e. The Morgan fingerprint density at radius 3 is 2.86 bits per heavy atom. The molecule has 1 amide bonds. The Morgan fingerprint density at radius 2 is 2.05 bits per heavy atom. The van der Waals surface area contributed by atoms with Crippen LogP contribution in [0.25, 0.3) is 10.8 Å². The summed E-state index contributed by atoms with van der Waals surface area (Å²) in [6.45, 7) is 2.14. The molecular formula is C18H20N2O2. The van der Waals surface area contributed by atoms with E-state index in [1.807, 2.05) is 24.3 Å². The molecular weight excluding hydrogens is 276 g/mol. The van der Waals surface area contributed by atoms with Crippen LogP contribution in [0.2, 0.25) is 0 Å². The number of phenols is 1. The number of phenolic OH excluding ortho intramolecular Hbond substituents is 1. The van der Waals surface area contributed by atoms with Crippen molar-refractivity contribution in [3.05, 3.63) is 42.0 Å². The van der Waals surface area contributed by atoms with Crippen molar-refractivity contribution >= 4 is 22.4 Å². The summed E-state index contributed by atoms with van der Waals surface area (Å²) in [5.41, 5.74) is 3.95. The van der Waals surface area contributed by atoms with Crippen molar-refractivity contribution in [3.63, 3.8) is 0 Å². The Kier molecular flexibility index (Phi) is 4.09. The number of amides is 1. The summed E-state index contributed by atoms with van der Waals surface area (Å²) in [5, 5.41) is 16.0. The average Bonchev–Trinajstić information content (AvgIpc) is 2.53. The Hall–Kier alpha value is -2.36. The Labute approximate surface area is 129 Å². The van der Waals surface area contributed by atoms with Gasteiger partial charge in [-0.3, -0.25) is 4.79 Å². The van der Waals surface area contributed by atoms with Gasteiger partial charge in [0.1, 0.15) is 5.75 Å². The fraction of sp³-hybridized carbons (Fsp3) is 0.333. The van der Waals surface area contributed by atoms with Gasteiger partial charge in [0.05, 0.1) is 5.56 Å². The molecule has 22 heavy (non-hydrogen) atoms. The zero-order chi connectivity index (χ0) is 15.5. The fourth-order valence-electron chi connectivity index (χ4n) is 3.01. The lowest BCUT2D eigenvalue weighted by molar-refractivity contribution is 0.0953. The molecule has 0 bridgehead atoms. The van der Waals surface area contributed by atoms with Crippen LogP contribution >= 0.6 is 0 Å². The summed E-state index contributed by atoms with van der Waals surface area (Å²) >= 11 is 0. The first kappa shape index (κ1) is 14.6. The van der Waals surface area contributed by atoms with Gasteiger partial charge in [-0.1, -0.05) is 43.7 Å². The van der Waals surface area contributed by atoms with E-state index in [1.54, 1.807) is 12.1 Å². The van der Waals surface area contributed by atoms with Gasteiger partial charge in [0, 0.05) is 5.71 Å². The molecule has 0 radical (unpaired) electrons. The van der Waals surface area contributed by atoms with Gasteiger partial charge in [0.25, 0.3) is 5.91 Å². The molecule has 2 aromatic carbocycles. The molecule has 114 valence electrons. The van der Waals surface area contributed by atoms with E-state index in [1.165, 1.54) is 6.42 Å². The highest BCUT2D eigenvalue weighted by Gasteiger charge is 2.18. The van der Waals surface area contributed by atoms with E-state index >= 15 is 0 Å². The van der Waals surface area contributed by atoms with E-state index in [2.05, 4.69) is 17.5 Å². The van der Waals surface area contributed by atoms with Crippen LogP contribution in [0.3, 0.4) is 0 Å². The highest BCUT2D eigenvalue weighted by atomic mass is 16.3. The van der Waals surface area contributed by atoms with Gasteiger partial charge in [0.2, 0.25) is 0 Å². The van der Waals surface area contributed by atoms with Crippen molar-refractivity contribution in [1.29, 1.82) is 0 Å². The minimum atomic E-state index is -0.362. The maximum Gasteiger partial charge on any atom is 0.275 e. The minimum Gasteiger partial charge on any atom is -0.507 e. The van der Waals surface area contributed by atoms with Gasteiger partial charge in [-0.05, 0) is 42.0 Å². The number of carbonyl (C=O) groups is 1. The minimum absolute atomic E-state index is 0.0203. The van der Waals surface area contributed by atoms with Crippen LogP contribution in [0, 0.1) is 5.92 Å². The molecule has 0 saturated heterocycles. The highest BCUT2D eigenvalue weighted by Crippen LogP contribution is 2.27. The molecule has 1 saturated carbocycles. The van der Waals surface area contributed by atoms with Crippen molar-refractivity contribution in [2.24, 2.45) is 11.0 Å². The average molecular weight is 296 g/mol. The van der Waals surface area contributed by atoms with Crippen molar-refractivity contribution < 1.29 is 9.90 Å². The van der Waals surface area contributed by atoms with E-state index in [0.29, 0.717) is 5.92 Å². The van der Waals surface area contributed by atoms with Crippen LogP contribution in [0.5, 0.6) is 5.75 Å². The zero-order valence-corrected chi connectivity index (χ0v) is 12.7. The predicted molar refractivity (Wildman–Crippen MR) is 88.1 cm³/mol. The number of hydrazone groups is 1. The van der Waals surface area contributed by atoms with Crippen molar-refractivity contribution in [3.8, 4) is 5.75 Å². The third kappa shape index (κ3) is 2.82. The fourth-order valence-corrected chi connectivity index (χ4v) is 3.01. The highest BCUT2D eigenvalue weighted by molar-refractivity contribution is 6.09. The van der Waals surface area contributed by atoms with Crippen LogP contribution in [0.15, 0.2) is 41.5 Å². The van der Waals surface area contributed by atoms with Crippen LogP contribution in [-0.4, -0.2) is 16.7 Å². The van der Waals surface area contributed by atoms with Crippen LogP contribution in [0.1, 0.15) is 43.0 Å². The van der Waals surface area contributed by atoms with Crippen molar-refractivity contribution in [2.45, 2.75) is 32.6 Å². The second-order valence-electron chi connectivity index (χ2n) is 5.87. The topological polar surface area (TPSA) is 61.7 Å². The second-order valence-corrected chi connectivity index (χ2v) is 5.87. The molecule has 2 aromatic rings. The van der Waals surface area contributed by atoms with Gasteiger partial charge >= 0.3 is 0 Å². The quantitative estimate of drug-likeness (QED) is 0.827. The summed E-state index contributed by atoms with van der Waals surface area (Å²) < 4.78 is 0. The van der Waals surface area contributed by atoms with Crippen LogP contribution in [-0.2, 0) is 0 Å². The van der Waals surface area contributed by atoms with Crippen LogP contribution < -0.4 is 5.43 Å². The molecule has 0 aliphatic heterocycles. The Bertz CT molecular complexity index is 737. The lowest BCUT2D eigenvalue weighted by Crippen LogP contribution is -2.24. The number of rotatable bonds is 2. The van der Waals surface area contributed by atoms with Crippen molar-refractivity contribution in [1.82, 2.24) is 5.43 Å². The first-order chi connectivity index (χ1) is 10.7. The molecule has 4 heteroatoms. The van der Waals surface area contributed by atoms with Gasteiger partial charge in [-0.2, -0.15) is 5.10 Å². The Morgan fingerprint density at radius 1 is 1.23 bits per heavy atom. The monoisotopic (exact) mass is 296 g/mol. The molecule has 1 aliphatic rings. The molecule has 0 unspecified atom stereocenters. The molecule has 1 aliphatic carbocycles. The first-order valence-electron chi connectivity index (χ1n) is 7.74. The zero-order valence-electron chi connectivity index (χ0n) is 12.7. The second kappa shape index (κ2) is 6.18. The van der Waals surface area contributed by atoms with E-state index in [0.717, 1.165) is 35.7 Å². The number of fused-ring (bicyclic) bond motifs is 1. The molecule has 0 heterocycles. The van der Waals surface area contributed by atoms with E-state index in [4.69, 9.17) is 0 Å². The number of hydrogen-bond donors (Lipinski definition) is 2. The van der Waals surface area contributed by atoms with Crippen LogP contribution in [0.4, 0.5) is 0 Å². The summed E-state index contributed by atoms with van der Waals surface area (Å²) in [5.74, 6) is 0.0304. The SMILES string of the molecule is C[C@H]1CCCC/C1=N\NC(=O)c1c(O)ccc2ccccc12. The summed E-state index contributed by atoms with van der Waals surface area (Å²) in [6.07, 6.45) is 4.40. The molecule has 1 atom stereocenters. The summed E-state index contributed by atoms with van der Waals surface area (Å²) in [4.78, 5) is 12.5. The Balaban J connectivity index is 1.89. The molecule has 2 N–H and O–H groups in total. The first-order valence-corrected chi connectivity index (χ1v) is 7.74. The molecule has 0 aromatic heterocycles. The normalized spacial score (nSPS) is 20.2. The number of nitrogens with zero attached hydrogens (tertiary/aromatic N) is 1. The van der Waals surface area contributed by atoms with E-state index in [9.17, 15) is 9.90 Å². The number of carbonyl (C=O) groups excluding carboxylic acids is 1. The molecule has 4 nitrogen and oxygen atoms in total. The number of benzene rings is 2. The van der Waals surface area contributed by atoms with Crippen molar-refractivity contribution in [2.75, 3.05) is 0 Å². The third-order valence-corrected chi connectivity index (χ3v) is 4.32. The van der Waals surface area contributed by atoms with E-state index in [-0.39, 0.29) is 17.2 Å². The third-order valence-electron chi connectivity index (χ3n) is 4.32. The molecule has 0 spiro atoms. The van der Waals surface area contributed by atoms with Gasteiger partial charge in [-0.15, -0.1) is 0 Å². The summed E-state index contributed by atoms with van der Waals surface area (Å²) in [7, 11) is 0. The number of nitrogens with one attached hydrogen (secondary N) is 1. The standard InChI is InChI=1S/C18H20N2O2/c1-12-6-2-5-9-15(12)19-20-18(22)17-14-8-4-3-7-13(14)10-11-16(17)21/h3-4,7-8,10-12,21H,2,5-6,9H2,1H3,(H,20,22)/b19-15+/t12-/m0/s1. The number of aromatic hydroxyl groups is 1. The lowest BCUT2D eigenvalue weighted by atomic mass is 9.89. The summed E-state index contributed by atoms with van der Waals surface area (Å²) in [6, 6.07) is 10.9. The maximum atomic E-state index is 12.5. The number of hydrogen-bond acceptors (Lipinski definition) is 3. The van der Waals surface area contributed by atoms with Gasteiger partial charge in [-0.25, -0.2) is 5.43 Å².